The van der Waals surface area contributed by atoms with Gasteiger partial charge in [0, 0.05) is 6.20 Å². The van der Waals surface area contributed by atoms with Gasteiger partial charge in [-0.25, -0.2) is 9.97 Å². The molecule has 0 bridgehead atoms. The van der Waals surface area contributed by atoms with Gasteiger partial charge in [-0.1, -0.05) is 12.9 Å². The molecule has 0 spiro atoms. The molecule has 0 radical (unpaired) electrons. The van der Waals surface area contributed by atoms with Gasteiger partial charge in [0.05, 0.1) is 5.69 Å². The van der Waals surface area contributed by atoms with Gasteiger partial charge in [0.25, 0.3) is 0 Å². The molecular formula is C8H11BN2. The lowest BCUT2D eigenvalue weighted by Crippen LogP contribution is -1.92. The molecule has 0 saturated carbocycles. The van der Waals surface area contributed by atoms with Gasteiger partial charge in [0.1, 0.15) is 13.7 Å². The summed E-state index contributed by atoms with van der Waals surface area (Å²) in [7, 11) is 2.07. The first-order chi connectivity index (χ1) is 5.24. The van der Waals surface area contributed by atoms with Crippen molar-refractivity contribution >= 4 is 13.4 Å². The Morgan fingerprint density at radius 2 is 2.45 bits per heavy atom. The molecule has 0 aromatic carbocycles. The van der Waals surface area contributed by atoms with Crippen LogP contribution in [-0.2, 0) is 0 Å². The highest BCUT2D eigenvalue weighted by atomic mass is 14.9. The second kappa shape index (κ2) is 3.33. The molecule has 1 rings (SSSR count). The van der Waals surface area contributed by atoms with Crippen molar-refractivity contribution in [1.29, 1.82) is 0 Å². The highest BCUT2D eigenvalue weighted by molar-refractivity contribution is 6.14. The van der Waals surface area contributed by atoms with Crippen LogP contribution in [0.25, 0.3) is 5.57 Å². The Morgan fingerprint density at radius 1 is 1.73 bits per heavy atom. The molecule has 0 aliphatic rings. The van der Waals surface area contributed by atoms with Gasteiger partial charge < -0.3 is 0 Å². The average Bonchev–Trinajstić information content (AvgIpc) is 2.03. The van der Waals surface area contributed by atoms with Crippen LogP contribution in [0.5, 0.6) is 0 Å². The molecule has 0 aliphatic heterocycles. The number of hydrogen-bond donors (Lipinski definition) is 0. The zero-order chi connectivity index (χ0) is 8.27. The van der Waals surface area contributed by atoms with Gasteiger partial charge in [-0.2, -0.15) is 0 Å². The predicted molar refractivity (Wildman–Crippen MR) is 49.2 cm³/mol. The van der Waals surface area contributed by atoms with E-state index in [2.05, 4.69) is 24.4 Å². The highest BCUT2D eigenvalue weighted by Crippen LogP contribution is 2.10. The maximum Gasteiger partial charge on any atom is 0.125 e. The van der Waals surface area contributed by atoms with Crippen LogP contribution in [-0.4, -0.2) is 17.8 Å². The minimum atomic E-state index is 0.803. The Hall–Kier alpha value is -1.12. The monoisotopic (exact) mass is 146 g/mol. The Morgan fingerprint density at radius 3 is 3.00 bits per heavy atom. The zero-order valence-corrected chi connectivity index (χ0v) is 6.96. The van der Waals surface area contributed by atoms with Crippen LogP contribution in [0.15, 0.2) is 18.8 Å². The van der Waals surface area contributed by atoms with Gasteiger partial charge in [0.2, 0.25) is 0 Å². The molecule has 2 nitrogen and oxygen atoms in total. The van der Waals surface area contributed by atoms with Crippen molar-refractivity contribution in [2.75, 3.05) is 0 Å². The lowest BCUT2D eigenvalue weighted by atomic mass is 9.96. The van der Waals surface area contributed by atoms with Crippen LogP contribution < -0.4 is 0 Å². The fourth-order valence-electron chi connectivity index (χ4n) is 0.834. The van der Waals surface area contributed by atoms with E-state index in [4.69, 9.17) is 0 Å². The largest absolute Gasteiger partial charge is 0.242 e. The summed E-state index contributed by atoms with van der Waals surface area (Å²) in [6.45, 7) is 5.78. The Balaban J connectivity index is 2.96. The summed E-state index contributed by atoms with van der Waals surface area (Å²) in [6.07, 6.45) is 2.70. The number of aromatic nitrogens is 2. The van der Waals surface area contributed by atoms with E-state index in [0.29, 0.717) is 0 Å². The molecule has 56 valence electrons. The average molecular weight is 146 g/mol. The third kappa shape index (κ3) is 1.90. The summed E-state index contributed by atoms with van der Waals surface area (Å²) in [5.41, 5.74) is 2.02. The number of rotatable bonds is 2. The van der Waals surface area contributed by atoms with Crippen LogP contribution in [0.1, 0.15) is 11.5 Å². The Kier molecular flexibility index (Phi) is 2.42. The van der Waals surface area contributed by atoms with Gasteiger partial charge in [-0.15, -0.1) is 0 Å². The second-order valence-electron chi connectivity index (χ2n) is 2.45. The minimum absolute atomic E-state index is 0.803. The van der Waals surface area contributed by atoms with E-state index in [-0.39, 0.29) is 0 Å². The molecule has 1 aromatic heterocycles. The van der Waals surface area contributed by atoms with Gasteiger partial charge in [-0.3, -0.25) is 0 Å². The van der Waals surface area contributed by atoms with Crippen molar-refractivity contribution in [3.8, 4) is 0 Å². The lowest BCUT2D eigenvalue weighted by Gasteiger charge is -2.00. The molecule has 0 amide bonds. The maximum absolute atomic E-state index is 4.23. The molecule has 0 N–H and O–H groups in total. The summed E-state index contributed by atoms with van der Waals surface area (Å²) >= 11 is 0. The first-order valence-electron chi connectivity index (χ1n) is 3.72. The molecule has 1 heterocycles. The van der Waals surface area contributed by atoms with Crippen LogP contribution >= 0.6 is 0 Å². The highest BCUT2D eigenvalue weighted by Gasteiger charge is 1.96. The van der Waals surface area contributed by atoms with E-state index in [0.717, 1.165) is 23.4 Å². The Labute approximate surface area is 67.8 Å². The van der Waals surface area contributed by atoms with Crippen molar-refractivity contribution in [2.45, 2.75) is 13.2 Å². The second-order valence-corrected chi connectivity index (χ2v) is 2.45. The zero-order valence-electron chi connectivity index (χ0n) is 6.96. The van der Waals surface area contributed by atoms with Gasteiger partial charge in [0.15, 0.2) is 0 Å². The van der Waals surface area contributed by atoms with Crippen molar-refractivity contribution in [3.63, 3.8) is 0 Å². The fraction of sp³-hybridized carbons (Fsp3) is 0.250. The number of nitrogens with zero attached hydrogens (tertiary/aromatic N) is 2. The first kappa shape index (κ1) is 7.99. The minimum Gasteiger partial charge on any atom is -0.242 e. The van der Waals surface area contributed by atoms with Crippen LogP contribution in [0.2, 0.25) is 6.32 Å². The summed E-state index contributed by atoms with van der Waals surface area (Å²) in [4.78, 5) is 8.24. The quantitative estimate of drug-likeness (QED) is 0.578. The first-order valence-corrected chi connectivity index (χ1v) is 3.72. The van der Waals surface area contributed by atoms with Gasteiger partial charge >= 0.3 is 0 Å². The van der Waals surface area contributed by atoms with E-state index < -0.39 is 0 Å². The molecule has 3 heteroatoms. The standard InChI is InChI=1S/C8H11BN2/c1-6(5-9)8-3-4-10-7(2)11-8/h3-4H,1,5,9H2,2H3. The predicted octanol–water partition coefficient (Wildman–Crippen LogP) is 0.850. The lowest BCUT2D eigenvalue weighted by molar-refractivity contribution is 1.04. The third-order valence-corrected chi connectivity index (χ3v) is 1.57. The number of hydrogen-bond acceptors (Lipinski definition) is 2. The van der Waals surface area contributed by atoms with Crippen molar-refractivity contribution in [3.05, 3.63) is 30.4 Å². The summed E-state index contributed by atoms with van der Waals surface area (Å²) in [5.74, 6) is 0.803. The number of allylic oxidation sites excluding steroid dienone is 1. The van der Waals surface area contributed by atoms with Crippen LogP contribution in [0.3, 0.4) is 0 Å². The van der Waals surface area contributed by atoms with Crippen molar-refractivity contribution in [1.82, 2.24) is 9.97 Å². The summed E-state index contributed by atoms with van der Waals surface area (Å²) in [5, 5.41) is 0. The van der Waals surface area contributed by atoms with E-state index in [1.807, 2.05) is 13.0 Å². The van der Waals surface area contributed by atoms with E-state index in [1.165, 1.54) is 0 Å². The Bertz CT molecular complexity index is 271. The van der Waals surface area contributed by atoms with E-state index in [9.17, 15) is 0 Å². The fourth-order valence-corrected chi connectivity index (χ4v) is 0.834. The molecule has 0 fully saturated rings. The molecule has 0 atom stereocenters. The molecule has 0 aliphatic carbocycles. The van der Waals surface area contributed by atoms with Crippen LogP contribution in [0, 0.1) is 6.92 Å². The molecule has 1 aromatic rings. The SMILES string of the molecule is BCC(=C)c1ccnc(C)n1. The third-order valence-electron chi connectivity index (χ3n) is 1.57. The topological polar surface area (TPSA) is 25.8 Å². The summed E-state index contributed by atoms with van der Waals surface area (Å²) in [6, 6.07) is 1.89. The maximum atomic E-state index is 4.23. The normalized spacial score (nSPS) is 9.55. The molecule has 0 saturated heterocycles. The van der Waals surface area contributed by atoms with Gasteiger partial charge in [-0.05, 0) is 18.6 Å². The van der Waals surface area contributed by atoms with E-state index in [1.54, 1.807) is 6.20 Å². The number of aryl methyl sites for hydroxylation is 1. The molecule has 0 unspecified atom stereocenters. The van der Waals surface area contributed by atoms with Crippen molar-refractivity contribution < 1.29 is 0 Å². The van der Waals surface area contributed by atoms with Crippen LogP contribution in [0.4, 0.5) is 0 Å². The molecular weight excluding hydrogens is 135 g/mol. The summed E-state index contributed by atoms with van der Waals surface area (Å²) < 4.78 is 0. The molecule has 11 heavy (non-hydrogen) atoms. The smallest absolute Gasteiger partial charge is 0.125 e. The van der Waals surface area contributed by atoms with Crippen molar-refractivity contribution in [2.24, 2.45) is 0 Å². The van der Waals surface area contributed by atoms with E-state index >= 15 is 0 Å².